The van der Waals surface area contributed by atoms with Gasteiger partial charge in [0, 0.05) is 19.8 Å². The van der Waals surface area contributed by atoms with Gasteiger partial charge >= 0.3 is 0 Å². The summed E-state index contributed by atoms with van der Waals surface area (Å²) in [4.78, 5) is 28.8. The Morgan fingerprint density at radius 3 is 2.60 bits per heavy atom. The van der Waals surface area contributed by atoms with E-state index in [4.69, 9.17) is 23.2 Å². The van der Waals surface area contributed by atoms with Gasteiger partial charge in [-0.15, -0.1) is 0 Å². The second-order valence-electron chi connectivity index (χ2n) is 4.86. The van der Waals surface area contributed by atoms with Crippen LogP contribution in [0, 0.1) is 5.92 Å². The molecule has 0 bridgehead atoms. The zero-order chi connectivity index (χ0) is 15.3. The standard InChI is InChI=1S/C13H17Cl2N3O2/c1-8(2)5-16-11(19)7-18(3)13(20)9-4-10(14)12(15)17-6-9/h4,6,8H,5,7H2,1-3H3,(H,16,19). The van der Waals surface area contributed by atoms with Crippen molar-refractivity contribution in [2.75, 3.05) is 20.1 Å². The Balaban J connectivity index is 2.62. The highest BCUT2D eigenvalue weighted by atomic mass is 35.5. The fraction of sp³-hybridized carbons (Fsp3) is 0.462. The molecule has 0 aliphatic heterocycles. The summed E-state index contributed by atoms with van der Waals surface area (Å²) >= 11 is 11.5. The van der Waals surface area contributed by atoms with Crippen molar-refractivity contribution in [3.05, 3.63) is 28.0 Å². The van der Waals surface area contributed by atoms with Gasteiger partial charge in [0.25, 0.3) is 5.91 Å². The van der Waals surface area contributed by atoms with Gasteiger partial charge in [-0.3, -0.25) is 9.59 Å². The van der Waals surface area contributed by atoms with E-state index in [1.165, 1.54) is 17.2 Å². The summed E-state index contributed by atoms with van der Waals surface area (Å²) in [5.41, 5.74) is 0.290. The topological polar surface area (TPSA) is 62.3 Å². The van der Waals surface area contributed by atoms with Gasteiger partial charge in [-0.05, 0) is 12.0 Å². The van der Waals surface area contributed by atoms with Crippen molar-refractivity contribution in [2.24, 2.45) is 5.92 Å². The maximum absolute atomic E-state index is 12.1. The van der Waals surface area contributed by atoms with E-state index in [9.17, 15) is 9.59 Å². The van der Waals surface area contributed by atoms with Crippen LogP contribution in [0.4, 0.5) is 0 Å². The van der Waals surface area contributed by atoms with E-state index in [-0.39, 0.29) is 28.5 Å². The summed E-state index contributed by atoms with van der Waals surface area (Å²) in [6, 6.07) is 1.43. The van der Waals surface area contributed by atoms with E-state index in [2.05, 4.69) is 10.3 Å². The molecule has 0 saturated carbocycles. The van der Waals surface area contributed by atoms with Crippen LogP contribution in [-0.4, -0.2) is 41.8 Å². The van der Waals surface area contributed by atoms with E-state index in [0.717, 1.165) is 0 Å². The number of carbonyl (C=O) groups excluding carboxylic acids is 2. The van der Waals surface area contributed by atoms with E-state index >= 15 is 0 Å². The molecule has 5 nitrogen and oxygen atoms in total. The van der Waals surface area contributed by atoms with Crippen molar-refractivity contribution < 1.29 is 9.59 Å². The number of pyridine rings is 1. The second-order valence-corrected chi connectivity index (χ2v) is 5.62. The molecule has 20 heavy (non-hydrogen) atoms. The third-order valence-corrected chi connectivity index (χ3v) is 3.16. The van der Waals surface area contributed by atoms with Gasteiger partial charge in [-0.25, -0.2) is 4.98 Å². The number of rotatable bonds is 5. The summed E-state index contributed by atoms with van der Waals surface area (Å²) < 4.78 is 0. The largest absolute Gasteiger partial charge is 0.354 e. The van der Waals surface area contributed by atoms with Gasteiger partial charge in [0.15, 0.2) is 0 Å². The Morgan fingerprint density at radius 1 is 1.40 bits per heavy atom. The van der Waals surface area contributed by atoms with Crippen molar-refractivity contribution in [1.82, 2.24) is 15.2 Å². The third-order valence-electron chi connectivity index (χ3n) is 2.48. The molecule has 0 fully saturated rings. The van der Waals surface area contributed by atoms with Gasteiger partial charge < -0.3 is 10.2 Å². The highest BCUT2D eigenvalue weighted by Crippen LogP contribution is 2.20. The number of likely N-dealkylation sites (N-methyl/N-ethyl adjacent to an activating group) is 1. The van der Waals surface area contributed by atoms with Crippen molar-refractivity contribution in [2.45, 2.75) is 13.8 Å². The molecule has 0 aliphatic rings. The summed E-state index contributed by atoms with van der Waals surface area (Å²) in [7, 11) is 1.54. The third kappa shape index (κ3) is 4.98. The van der Waals surface area contributed by atoms with Crippen LogP contribution in [-0.2, 0) is 4.79 Å². The SMILES string of the molecule is CC(C)CNC(=O)CN(C)C(=O)c1cnc(Cl)c(Cl)c1. The van der Waals surface area contributed by atoms with E-state index < -0.39 is 0 Å². The second kappa shape index (κ2) is 7.45. The first kappa shape index (κ1) is 16.7. The minimum absolute atomic E-state index is 0.0220. The van der Waals surface area contributed by atoms with E-state index in [1.54, 1.807) is 7.05 Å². The van der Waals surface area contributed by atoms with Crippen LogP contribution in [0.1, 0.15) is 24.2 Å². The molecule has 1 rings (SSSR count). The molecule has 0 atom stereocenters. The molecule has 1 N–H and O–H groups in total. The minimum Gasteiger partial charge on any atom is -0.354 e. The Morgan fingerprint density at radius 2 is 2.05 bits per heavy atom. The molecule has 1 heterocycles. The Bertz CT molecular complexity index is 506. The van der Waals surface area contributed by atoms with Crippen LogP contribution in [0.5, 0.6) is 0 Å². The molecule has 110 valence electrons. The summed E-state index contributed by atoms with van der Waals surface area (Å²) in [6.07, 6.45) is 1.33. The lowest BCUT2D eigenvalue weighted by molar-refractivity contribution is -0.121. The maximum atomic E-state index is 12.1. The number of hydrogen-bond donors (Lipinski definition) is 1. The molecule has 0 unspecified atom stereocenters. The molecule has 0 aromatic carbocycles. The first-order valence-corrected chi connectivity index (χ1v) is 6.90. The van der Waals surface area contributed by atoms with Gasteiger partial charge in [-0.1, -0.05) is 37.0 Å². The number of carbonyl (C=O) groups is 2. The predicted octanol–water partition coefficient (Wildman–Crippen LogP) is 2.23. The molecular formula is C13H17Cl2N3O2. The van der Waals surface area contributed by atoms with Crippen LogP contribution in [0.25, 0.3) is 0 Å². The van der Waals surface area contributed by atoms with Gasteiger partial charge in [0.1, 0.15) is 5.15 Å². The molecule has 1 aromatic rings. The van der Waals surface area contributed by atoms with Gasteiger partial charge in [-0.2, -0.15) is 0 Å². The van der Waals surface area contributed by atoms with E-state index in [0.29, 0.717) is 18.0 Å². The van der Waals surface area contributed by atoms with Crippen molar-refractivity contribution in [3.8, 4) is 0 Å². The molecule has 7 heteroatoms. The van der Waals surface area contributed by atoms with Crippen LogP contribution in [0.2, 0.25) is 10.2 Å². The normalized spacial score (nSPS) is 10.5. The molecule has 2 amide bonds. The first-order chi connectivity index (χ1) is 9.31. The Labute approximate surface area is 128 Å². The van der Waals surface area contributed by atoms with Crippen molar-refractivity contribution in [1.29, 1.82) is 0 Å². The molecule has 0 saturated heterocycles. The average Bonchev–Trinajstić information content (AvgIpc) is 2.38. The average molecular weight is 318 g/mol. The minimum atomic E-state index is -0.337. The first-order valence-electron chi connectivity index (χ1n) is 6.14. The molecule has 0 aliphatic carbocycles. The smallest absolute Gasteiger partial charge is 0.255 e. The zero-order valence-corrected chi connectivity index (χ0v) is 13.1. The lowest BCUT2D eigenvalue weighted by atomic mass is 10.2. The monoisotopic (exact) mass is 317 g/mol. The Kier molecular flexibility index (Phi) is 6.23. The van der Waals surface area contributed by atoms with Crippen LogP contribution in [0.15, 0.2) is 12.3 Å². The number of nitrogens with one attached hydrogen (secondary N) is 1. The van der Waals surface area contributed by atoms with Crippen molar-refractivity contribution >= 4 is 35.0 Å². The van der Waals surface area contributed by atoms with Gasteiger partial charge in [0.2, 0.25) is 5.91 Å². The van der Waals surface area contributed by atoms with Crippen LogP contribution >= 0.6 is 23.2 Å². The highest BCUT2D eigenvalue weighted by Gasteiger charge is 2.16. The van der Waals surface area contributed by atoms with E-state index in [1.807, 2.05) is 13.8 Å². The number of aromatic nitrogens is 1. The summed E-state index contributed by atoms with van der Waals surface area (Å²) in [6.45, 7) is 4.55. The number of amides is 2. The maximum Gasteiger partial charge on any atom is 0.255 e. The lowest BCUT2D eigenvalue weighted by Crippen LogP contribution is -2.39. The number of halogens is 2. The molecular weight excluding hydrogens is 301 g/mol. The fourth-order valence-corrected chi connectivity index (χ4v) is 1.69. The summed E-state index contributed by atoms with van der Waals surface area (Å²) in [5, 5.41) is 3.09. The zero-order valence-electron chi connectivity index (χ0n) is 11.6. The van der Waals surface area contributed by atoms with Gasteiger partial charge in [0.05, 0.1) is 17.1 Å². The quantitative estimate of drug-likeness (QED) is 0.847. The Hall–Kier alpha value is -1.33. The lowest BCUT2D eigenvalue weighted by Gasteiger charge is -2.17. The van der Waals surface area contributed by atoms with Crippen molar-refractivity contribution in [3.63, 3.8) is 0 Å². The van der Waals surface area contributed by atoms with Crippen LogP contribution in [0.3, 0.4) is 0 Å². The number of nitrogens with zero attached hydrogens (tertiary/aromatic N) is 2. The number of hydrogen-bond acceptors (Lipinski definition) is 3. The predicted molar refractivity (Wildman–Crippen MR) is 79.1 cm³/mol. The molecule has 0 spiro atoms. The fourth-order valence-electron chi connectivity index (χ4n) is 1.42. The van der Waals surface area contributed by atoms with Crippen LogP contribution < -0.4 is 5.32 Å². The molecule has 1 aromatic heterocycles. The summed E-state index contributed by atoms with van der Waals surface area (Å²) in [5.74, 6) is -0.183. The highest BCUT2D eigenvalue weighted by molar-refractivity contribution is 6.41. The molecule has 0 radical (unpaired) electrons.